The van der Waals surface area contributed by atoms with E-state index < -0.39 is 0 Å². The summed E-state index contributed by atoms with van der Waals surface area (Å²) >= 11 is 3.34. The second-order valence-corrected chi connectivity index (χ2v) is 5.58. The molecular weight excluding hydrogens is 294 g/mol. The van der Waals surface area contributed by atoms with Gasteiger partial charge >= 0.3 is 0 Å². The van der Waals surface area contributed by atoms with Crippen LogP contribution < -0.4 is 10.6 Å². The first-order valence-corrected chi connectivity index (χ1v) is 7.11. The van der Waals surface area contributed by atoms with Crippen LogP contribution in [0.15, 0.2) is 16.7 Å². The van der Waals surface area contributed by atoms with Crippen LogP contribution in [0.3, 0.4) is 0 Å². The topological polar surface area (TPSA) is 54.0 Å². The fraction of sp³-hybridized carbons (Fsp3) is 0.538. The number of carbonyl (C=O) groups is 1. The Balaban J connectivity index is 2.00. The van der Waals surface area contributed by atoms with Crippen LogP contribution in [0.1, 0.15) is 36.0 Å². The van der Waals surface area contributed by atoms with Gasteiger partial charge in [-0.1, -0.05) is 12.8 Å². The number of nitrogens with zero attached hydrogens (tertiary/aromatic N) is 1. The van der Waals surface area contributed by atoms with Gasteiger partial charge in [0.05, 0.1) is 5.56 Å². The summed E-state index contributed by atoms with van der Waals surface area (Å²) in [5.41, 5.74) is 0.588. The monoisotopic (exact) mass is 311 g/mol. The minimum Gasteiger partial charge on any atom is -0.372 e. The van der Waals surface area contributed by atoms with Gasteiger partial charge in [-0.25, -0.2) is 4.98 Å². The number of halogens is 1. The molecule has 18 heavy (non-hydrogen) atoms. The molecule has 98 valence electrons. The predicted molar refractivity (Wildman–Crippen MR) is 75.8 cm³/mol. The largest absolute Gasteiger partial charge is 0.372 e. The highest BCUT2D eigenvalue weighted by Crippen LogP contribution is 2.24. The molecule has 0 atom stereocenters. The number of hydrogen-bond acceptors (Lipinski definition) is 3. The maximum absolute atomic E-state index is 12.1. The van der Waals surface area contributed by atoms with Gasteiger partial charge < -0.3 is 10.6 Å². The quantitative estimate of drug-likeness (QED) is 0.899. The Morgan fingerprint density at radius 1 is 1.50 bits per heavy atom. The molecule has 2 N–H and O–H groups in total. The Labute approximate surface area is 116 Å². The lowest BCUT2D eigenvalue weighted by Crippen LogP contribution is -2.29. The molecule has 0 bridgehead atoms. The van der Waals surface area contributed by atoms with Crippen molar-refractivity contribution in [2.45, 2.75) is 25.7 Å². The lowest BCUT2D eigenvalue weighted by Gasteiger charge is -2.12. The van der Waals surface area contributed by atoms with E-state index in [0.29, 0.717) is 17.3 Å². The second kappa shape index (κ2) is 6.18. The van der Waals surface area contributed by atoms with Crippen LogP contribution >= 0.6 is 15.9 Å². The zero-order valence-corrected chi connectivity index (χ0v) is 12.1. The average Bonchev–Trinajstić information content (AvgIpc) is 2.89. The van der Waals surface area contributed by atoms with Crippen LogP contribution in [0.25, 0.3) is 0 Å². The Morgan fingerprint density at radius 3 is 2.89 bits per heavy atom. The molecule has 0 spiro atoms. The summed E-state index contributed by atoms with van der Waals surface area (Å²) in [6.45, 7) is 0.772. The Kier molecular flexibility index (Phi) is 4.58. The summed E-state index contributed by atoms with van der Waals surface area (Å²) in [6, 6.07) is 1.79. The molecule has 0 radical (unpaired) electrons. The van der Waals surface area contributed by atoms with E-state index >= 15 is 0 Å². The summed E-state index contributed by atoms with van der Waals surface area (Å²) in [5.74, 6) is 1.20. The molecule has 2 rings (SSSR count). The highest BCUT2D eigenvalue weighted by molar-refractivity contribution is 9.10. The number of pyridine rings is 1. The highest BCUT2D eigenvalue weighted by Gasteiger charge is 2.17. The molecule has 0 aromatic carbocycles. The first-order valence-electron chi connectivity index (χ1n) is 6.32. The highest BCUT2D eigenvalue weighted by atomic mass is 79.9. The van der Waals surface area contributed by atoms with Crippen molar-refractivity contribution in [1.82, 2.24) is 10.3 Å². The molecule has 4 nitrogen and oxygen atoms in total. The van der Waals surface area contributed by atoms with Crippen LogP contribution in [-0.2, 0) is 0 Å². The van der Waals surface area contributed by atoms with Crippen molar-refractivity contribution >= 4 is 27.7 Å². The third kappa shape index (κ3) is 3.22. The van der Waals surface area contributed by atoms with Gasteiger partial charge in [0.25, 0.3) is 5.91 Å². The smallest absolute Gasteiger partial charge is 0.255 e. The SMILES string of the molecule is CNc1ncc(Br)cc1C(=O)NCC1CCCC1. The zero-order valence-electron chi connectivity index (χ0n) is 10.5. The Bertz CT molecular complexity index is 430. The van der Waals surface area contributed by atoms with Crippen LogP contribution in [0.5, 0.6) is 0 Å². The van der Waals surface area contributed by atoms with Gasteiger partial charge in [-0.2, -0.15) is 0 Å². The number of aromatic nitrogens is 1. The average molecular weight is 312 g/mol. The number of carbonyl (C=O) groups excluding carboxylic acids is 1. The molecule has 0 aliphatic heterocycles. The van der Waals surface area contributed by atoms with Gasteiger partial charge in [-0.15, -0.1) is 0 Å². The summed E-state index contributed by atoms with van der Waals surface area (Å²) in [4.78, 5) is 16.3. The van der Waals surface area contributed by atoms with E-state index in [9.17, 15) is 4.79 Å². The van der Waals surface area contributed by atoms with Crippen molar-refractivity contribution in [1.29, 1.82) is 0 Å². The fourth-order valence-electron chi connectivity index (χ4n) is 2.36. The Hall–Kier alpha value is -1.10. The van der Waals surface area contributed by atoms with Crippen molar-refractivity contribution in [3.05, 3.63) is 22.3 Å². The standard InChI is InChI=1S/C13H18BrN3O/c1-15-12-11(6-10(14)8-16-12)13(18)17-7-9-4-2-3-5-9/h6,8-9H,2-5,7H2,1H3,(H,15,16)(H,17,18). The fourth-order valence-corrected chi connectivity index (χ4v) is 2.69. The van der Waals surface area contributed by atoms with E-state index in [4.69, 9.17) is 0 Å². The van der Waals surface area contributed by atoms with Crippen LogP contribution in [-0.4, -0.2) is 24.5 Å². The van der Waals surface area contributed by atoms with Gasteiger partial charge in [0, 0.05) is 24.3 Å². The summed E-state index contributed by atoms with van der Waals surface area (Å²) < 4.78 is 0.813. The van der Waals surface area contributed by atoms with Crippen molar-refractivity contribution in [2.24, 2.45) is 5.92 Å². The first-order chi connectivity index (χ1) is 8.70. The van der Waals surface area contributed by atoms with Gasteiger partial charge in [0.1, 0.15) is 5.82 Å². The molecule has 1 aromatic rings. The van der Waals surface area contributed by atoms with Gasteiger partial charge in [0.15, 0.2) is 0 Å². The molecule has 1 amide bonds. The molecule has 0 unspecified atom stereocenters. The maximum Gasteiger partial charge on any atom is 0.255 e. The van der Waals surface area contributed by atoms with Crippen molar-refractivity contribution in [3.8, 4) is 0 Å². The third-order valence-corrected chi connectivity index (χ3v) is 3.80. The zero-order chi connectivity index (χ0) is 13.0. The Morgan fingerprint density at radius 2 is 2.22 bits per heavy atom. The molecule has 1 aromatic heterocycles. The molecule has 1 fully saturated rings. The van der Waals surface area contributed by atoms with Crippen LogP contribution in [0, 0.1) is 5.92 Å². The minimum atomic E-state index is -0.0555. The van der Waals surface area contributed by atoms with E-state index in [1.165, 1.54) is 25.7 Å². The van der Waals surface area contributed by atoms with Crippen LogP contribution in [0.2, 0.25) is 0 Å². The van der Waals surface area contributed by atoms with Gasteiger partial charge in [0.2, 0.25) is 0 Å². The second-order valence-electron chi connectivity index (χ2n) is 4.66. The molecule has 1 heterocycles. The molecule has 5 heteroatoms. The van der Waals surface area contributed by atoms with Gasteiger partial charge in [-0.3, -0.25) is 4.79 Å². The van der Waals surface area contributed by atoms with E-state index in [1.54, 1.807) is 19.3 Å². The molecular formula is C13H18BrN3O. The van der Waals surface area contributed by atoms with Gasteiger partial charge in [-0.05, 0) is 40.8 Å². The van der Waals surface area contributed by atoms with Crippen molar-refractivity contribution in [3.63, 3.8) is 0 Å². The maximum atomic E-state index is 12.1. The minimum absolute atomic E-state index is 0.0555. The number of hydrogen-bond donors (Lipinski definition) is 2. The van der Waals surface area contributed by atoms with E-state index in [-0.39, 0.29) is 5.91 Å². The summed E-state index contributed by atoms with van der Waals surface area (Å²) in [7, 11) is 1.77. The first kappa shape index (κ1) is 13.3. The molecule has 1 aliphatic rings. The molecule has 0 saturated heterocycles. The lowest BCUT2D eigenvalue weighted by molar-refractivity contribution is 0.0948. The van der Waals surface area contributed by atoms with E-state index in [0.717, 1.165) is 11.0 Å². The number of anilines is 1. The van der Waals surface area contributed by atoms with Crippen molar-refractivity contribution < 1.29 is 4.79 Å². The summed E-state index contributed by atoms with van der Waals surface area (Å²) in [6.07, 6.45) is 6.73. The molecule has 1 aliphatic carbocycles. The predicted octanol–water partition coefficient (Wildman–Crippen LogP) is 2.81. The number of amides is 1. The van der Waals surface area contributed by atoms with Crippen molar-refractivity contribution in [2.75, 3.05) is 18.9 Å². The summed E-state index contributed by atoms with van der Waals surface area (Å²) in [5, 5.41) is 5.94. The van der Waals surface area contributed by atoms with Crippen LogP contribution in [0.4, 0.5) is 5.82 Å². The van der Waals surface area contributed by atoms with E-state index in [1.807, 2.05) is 0 Å². The number of rotatable bonds is 4. The number of nitrogens with one attached hydrogen (secondary N) is 2. The van der Waals surface area contributed by atoms with E-state index in [2.05, 4.69) is 31.5 Å². The lowest BCUT2D eigenvalue weighted by atomic mass is 10.1. The molecule has 1 saturated carbocycles. The normalized spacial score (nSPS) is 15.7. The third-order valence-electron chi connectivity index (χ3n) is 3.36.